The molecule has 0 aromatic carbocycles. The summed E-state index contributed by atoms with van der Waals surface area (Å²) >= 11 is 0. The Bertz CT molecular complexity index is 1090. The number of nitrogens with zero attached hydrogens (tertiary/aromatic N) is 5. The van der Waals surface area contributed by atoms with Crippen molar-refractivity contribution in [3.05, 3.63) is 52.2 Å². The van der Waals surface area contributed by atoms with Gasteiger partial charge in [-0.25, -0.2) is 9.97 Å². The van der Waals surface area contributed by atoms with Gasteiger partial charge in [0.15, 0.2) is 5.65 Å². The van der Waals surface area contributed by atoms with Crippen molar-refractivity contribution in [3.63, 3.8) is 0 Å². The zero-order chi connectivity index (χ0) is 20.2. The minimum Gasteiger partial charge on any atom is -0.383 e. The number of hydrogen-bond donors (Lipinski definition) is 1. The molecule has 1 atom stereocenters. The Morgan fingerprint density at radius 1 is 1.10 bits per heavy atom. The number of aryl methyl sites for hydroxylation is 3. The SMILES string of the molecule is Cc1ccc2c(n1)CCCC2(O)Cn1c2c(c3nc(C)cnc31)CN(C)CCC2. The van der Waals surface area contributed by atoms with E-state index in [0.717, 1.165) is 79.0 Å². The van der Waals surface area contributed by atoms with E-state index in [-0.39, 0.29) is 0 Å². The van der Waals surface area contributed by atoms with Gasteiger partial charge in [-0.1, -0.05) is 6.07 Å². The number of aliphatic hydroxyl groups is 1. The third kappa shape index (κ3) is 3.15. The summed E-state index contributed by atoms with van der Waals surface area (Å²) < 4.78 is 2.26. The first-order valence-corrected chi connectivity index (χ1v) is 10.7. The van der Waals surface area contributed by atoms with Crippen LogP contribution < -0.4 is 0 Å². The van der Waals surface area contributed by atoms with Crippen LogP contribution in [0.4, 0.5) is 0 Å². The van der Waals surface area contributed by atoms with E-state index in [9.17, 15) is 5.11 Å². The van der Waals surface area contributed by atoms with E-state index in [1.54, 1.807) is 0 Å². The van der Waals surface area contributed by atoms with Crippen LogP contribution in [0.3, 0.4) is 0 Å². The maximum atomic E-state index is 11.8. The molecule has 0 spiro atoms. The van der Waals surface area contributed by atoms with Crippen molar-refractivity contribution in [1.82, 2.24) is 24.4 Å². The van der Waals surface area contributed by atoms with E-state index >= 15 is 0 Å². The number of rotatable bonds is 2. The zero-order valence-electron chi connectivity index (χ0n) is 17.6. The molecule has 0 bridgehead atoms. The first-order chi connectivity index (χ1) is 13.9. The molecule has 5 rings (SSSR count). The predicted octanol–water partition coefficient (Wildman–Crippen LogP) is 3.05. The minimum absolute atomic E-state index is 0.512. The molecule has 4 heterocycles. The summed E-state index contributed by atoms with van der Waals surface area (Å²) in [5, 5.41) is 11.8. The molecule has 1 aliphatic heterocycles. The maximum absolute atomic E-state index is 11.8. The summed E-state index contributed by atoms with van der Waals surface area (Å²) in [6.45, 7) is 6.48. The topological polar surface area (TPSA) is 67.1 Å². The lowest BCUT2D eigenvalue weighted by Crippen LogP contribution is -2.36. The summed E-state index contributed by atoms with van der Waals surface area (Å²) in [6, 6.07) is 4.09. The van der Waals surface area contributed by atoms with Gasteiger partial charge in [0.2, 0.25) is 0 Å². The Morgan fingerprint density at radius 2 is 1.97 bits per heavy atom. The van der Waals surface area contributed by atoms with Crippen molar-refractivity contribution in [2.45, 2.75) is 64.6 Å². The molecular formula is C23H29N5O. The largest absolute Gasteiger partial charge is 0.383 e. The standard InChI is InChI=1S/C23H29N5O/c1-15-8-9-18-19(25-15)6-4-10-23(18,29)14-28-20-7-5-11-27(3)13-17(20)21-22(28)24-12-16(2)26-21/h8-9,12,29H,4-7,10-11,13-14H2,1-3H3. The highest BCUT2D eigenvalue weighted by molar-refractivity contribution is 5.78. The molecule has 0 saturated carbocycles. The molecule has 0 fully saturated rings. The molecule has 0 radical (unpaired) electrons. The molecule has 1 unspecified atom stereocenters. The van der Waals surface area contributed by atoms with Gasteiger partial charge in [0.25, 0.3) is 0 Å². The molecule has 3 aromatic rings. The van der Waals surface area contributed by atoms with Crippen LogP contribution in [-0.2, 0) is 31.5 Å². The van der Waals surface area contributed by atoms with Crippen molar-refractivity contribution >= 4 is 11.2 Å². The van der Waals surface area contributed by atoms with E-state index in [4.69, 9.17) is 15.0 Å². The molecule has 29 heavy (non-hydrogen) atoms. The lowest BCUT2D eigenvalue weighted by molar-refractivity contribution is 0.00108. The lowest BCUT2D eigenvalue weighted by atomic mass is 9.81. The molecule has 0 saturated heterocycles. The molecule has 6 heteroatoms. The highest BCUT2D eigenvalue weighted by Crippen LogP contribution is 2.38. The van der Waals surface area contributed by atoms with Crippen molar-refractivity contribution < 1.29 is 5.11 Å². The Hall–Kier alpha value is -2.31. The highest BCUT2D eigenvalue weighted by Gasteiger charge is 2.37. The van der Waals surface area contributed by atoms with E-state index in [2.05, 4.69) is 22.6 Å². The van der Waals surface area contributed by atoms with Gasteiger partial charge in [-0.2, -0.15) is 0 Å². The Balaban J connectivity index is 1.66. The van der Waals surface area contributed by atoms with Gasteiger partial charge in [-0.15, -0.1) is 0 Å². The summed E-state index contributed by atoms with van der Waals surface area (Å²) in [4.78, 5) is 16.7. The Labute approximate surface area is 171 Å². The molecule has 1 aliphatic carbocycles. The minimum atomic E-state index is -0.918. The van der Waals surface area contributed by atoms with Gasteiger partial charge in [-0.05, 0) is 65.6 Å². The van der Waals surface area contributed by atoms with Gasteiger partial charge < -0.3 is 14.6 Å². The van der Waals surface area contributed by atoms with Gasteiger partial charge in [0.05, 0.1) is 18.4 Å². The molecule has 3 aromatic heterocycles. The summed E-state index contributed by atoms with van der Waals surface area (Å²) in [5.74, 6) is 0. The third-order valence-electron chi connectivity index (χ3n) is 6.51. The van der Waals surface area contributed by atoms with E-state index in [0.29, 0.717) is 6.54 Å². The summed E-state index contributed by atoms with van der Waals surface area (Å²) in [5.41, 5.74) is 7.51. The quantitative estimate of drug-likeness (QED) is 0.727. The second-order valence-corrected chi connectivity index (χ2v) is 8.87. The molecular weight excluding hydrogens is 362 g/mol. The van der Waals surface area contributed by atoms with Crippen LogP contribution in [0.15, 0.2) is 18.3 Å². The molecule has 2 aliphatic rings. The fourth-order valence-corrected chi connectivity index (χ4v) is 5.12. The third-order valence-corrected chi connectivity index (χ3v) is 6.51. The smallest absolute Gasteiger partial charge is 0.159 e. The fourth-order valence-electron chi connectivity index (χ4n) is 5.12. The molecule has 0 amide bonds. The number of aromatic nitrogens is 4. The predicted molar refractivity (Wildman–Crippen MR) is 113 cm³/mol. The van der Waals surface area contributed by atoms with Gasteiger partial charge in [-0.3, -0.25) is 4.98 Å². The monoisotopic (exact) mass is 391 g/mol. The average molecular weight is 392 g/mol. The van der Waals surface area contributed by atoms with Crippen LogP contribution in [0.25, 0.3) is 11.2 Å². The van der Waals surface area contributed by atoms with Crippen LogP contribution >= 0.6 is 0 Å². The van der Waals surface area contributed by atoms with Gasteiger partial charge in [0, 0.05) is 34.8 Å². The van der Waals surface area contributed by atoms with Crippen LogP contribution in [0, 0.1) is 13.8 Å². The van der Waals surface area contributed by atoms with Crippen LogP contribution in [0.2, 0.25) is 0 Å². The molecule has 6 nitrogen and oxygen atoms in total. The fraction of sp³-hybridized carbons (Fsp3) is 0.522. The van der Waals surface area contributed by atoms with Gasteiger partial charge >= 0.3 is 0 Å². The van der Waals surface area contributed by atoms with Crippen molar-refractivity contribution in [2.24, 2.45) is 0 Å². The number of hydrogen-bond acceptors (Lipinski definition) is 5. The van der Waals surface area contributed by atoms with E-state index in [1.165, 1.54) is 11.3 Å². The molecule has 152 valence electrons. The number of fused-ring (bicyclic) bond motifs is 4. The van der Waals surface area contributed by atoms with Crippen molar-refractivity contribution in [2.75, 3.05) is 13.6 Å². The first-order valence-electron chi connectivity index (χ1n) is 10.7. The maximum Gasteiger partial charge on any atom is 0.159 e. The second-order valence-electron chi connectivity index (χ2n) is 8.87. The Morgan fingerprint density at radius 3 is 2.83 bits per heavy atom. The normalized spacial score (nSPS) is 22.3. The van der Waals surface area contributed by atoms with Crippen molar-refractivity contribution in [1.29, 1.82) is 0 Å². The van der Waals surface area contributed by atoms with Crippen LogP contribution in [0.5, 0.6) is 0 Å². The van der Waals surface area contributed by atoms with Crippen LogP contribution in [0.1, 0.15) is 53.2 Å². The molecule has 1 N–H and O–H groups in total. The lowest BCUT2D eigenvalue weighted by Gasteiger charge is -2.35. The van der Waals surface area contributed by atoms with E-state index in [1.807, 2.05) is 26.1 Å². The average Bonchev–Trinajstić information content (AvgIpc) is 2.82. The second kappa shape index (κ2) is 6.89. The zero-order valence-corrected chi connectivity index (χ0v) is 17.6. The summed E-state index contributed by atoms with van der Waals surface area (Å²) in [6.07, 6.45) is 6.58. The van der Waals surface area contributed by atoms with Gasteiger partial charge in [0.1, 0.15) is 11.1 Å². The summed E-state index contributed by atoms with van der Waals surface area (Å²) in [7, 11) is 2.17. The number of pyridine rings is 1. The van der Waals surface area contributed by atoms with Crippen molar-refractivity contribution in [3.8, 4) is 0 Å². The first kappa shape index (κ1) is 18.7. The Kier molecular flexibility index (Phi) is 4.44. The van der Waals surface area contributed by atoms with E-state index < -0.39 is 5.60 Å². The van der Waals surface area contributed by atoms with Crippen LogP contribution in [-0.4, -0.2) is 43.1 Å². The highest BCUT2D eigenvalue weighted by atomic mass is 16.3.